The zero-order valence-electron chi connectivity index (χ0n) is 13.8. The van der Waals surface area contributed by atoms with Crippen molar-refractivity contribution in [2.45, 2.75) is 44.6 Å². The first-order chi connectivity index (χ1) is 11.3. The SMILES string of the molecule is O=C(NCCCc1ccco1)[C@@H]1CCCN(C2CCOCC2)C1. The Morgan fingerprint density at radius 2 is 2.17 bits per heavy atom. The predicted octanol–water partition coefficient (Wildman–Crippen LogP) is 2.22. The average molecular weight is 320 g/mol. The lowest BCUT2D eigenvalue weighted by molar-refractivity contribution is -0.127. The number of amides is 1. The van der Waals surface area contributed by atoms with E-state index in [2.05, 4.69) is 10.2 Å². The van der Waals surface area contributed by atoms with Gasteiger partial charge in [-0.3, -0.25) is 9.69 Å². The highest BCUT2D eigenvalue weighted by molar-refractivity contribution is 5.78. The van der Waals surface area contributed by atoms with Crippen LogP contribution >= 0.6 is 0 Å². The van der Waals surface area contributed by atoms with Gasteiger partial charge in [0.1, 0.15) is 5.76 Å². The van der Waals surface area contributed by atoms with Gasteiger partial charge in [-0.25, -0.2) is 0 Å². The Balaban J connectivity index is 1.38. The molecule has 128 valence electrons. The zero-order valence-corrected chi connectivity index (χ0v) is 13.8. The fraction of sp³-hybridized carbons (Fsp3) is 0.722. The Bertz CT molecular complexity index is 469. The molecule has 2 fully saturated rings. The maximum absolute atomic E-state index is 12.4. The van der Waals surface area contributed by atoms with E-state index in [1.54, 1.807) is 6.26 Å². The van der Waals surface area contributed by atoms with Gasteiger partial charge in [-0.15, -0.1) is 0 Å². The highest BCUT2D eigenvalue weighted by Gasteiger charge is 2.30. The molecule has 2 saturated heterocycles. The van der Waals surface area contributed by atoms with Crippen molar-refractivity contribution >= 4 is 5.91 Å². The van der Waals surface area contributed by atoms with Crippen molar-refractivity contribution < 1.29 is 13.9 Å². The van der Waals surface area contributed by atoms with Crippen LogP contribution in [0, 0.1) is 5.92 Å². The third kappa shape index (κ3) is 4.82. The van der Waals surface area contributed by atoms with E-state index in [4.69, 9.17) is 9.15 Å². The Morgan fingerprint density at radius 3 is 2.96 bits per heavy atom. The van der Waals surface area contributed by atoms with Gasteiger partial charge in [-0.05, 0) is 50.8 Å². The fourth-order valence-electron chi connectivity index (χ4n) is 3.68. The normalized spacial score (nSPS) is 23.7. The van der Waals surface area contributed by atoms with Crippen molar-refractivity contribution in [2.24, 2.45) is 5.92 Å². The second-order valence-electron chi connectivity index (χ2n) is 6.65. The highest BCUT2D eigenvalue weighted by Crippen LogP contribution is 2.23. The second kappa shape index (κ2) is 8.50. The van der Waals surface area contributed by atoms with Gasteiger partial charge in [0.2, 0.25) is 5.91 Å². The smallest absolute Gasteiger partial charge is 0.224 e. The Hall–Kier alpha value is -1.33. The molecule has 0 spiro atoms. The molecule has 3 rings (SSSR count). The topological polar surface area (TPSA) is 54.7 Å². The average Bonchev–Trinajstić information content (AvgIpc) is 3.13. The third-order valence-corrected chi connectivity index (χ3v) is 5.01. The van der Waals surface area contributed by atoms with Crippen molar-refractivity contribution in [1.29, 1.82) is 0 Å². The van der Waals surface area contributed by atoms with Crippen molar-refractivity contribution in [3.8, 4) is 0 Å². The minimum atomic E-state index is 0.148. The van der Waals surface area contributed by atoms with Crippen LogP contribution in [0.25, 0.3) is 0 Å². The number of nitrogens with one attached hydrogen (secondary N) is 1. The molecule has 2 aliphatic heterocycles. The molecule has 0 bridgehead atoms. The zero-order chi connectivity index (χ0) is 15.9. The van der Waals surface area contributed by atoms with Crippen molar-refractivity contribution in [2.75, 3.05) is 32.8 Å². The molecular weight excluding hydrogens is 292 g/mol. The molecule has 5 nitrogen and oxygen atoms in total. The van der Waals surface area contributed by atoms with Crippen LogP contribution in [0.15, 0.2) is 22.8 Å². The number of hydrogen-bond donors (Lipinski definition) is 1. The number of piperidine rings is 1. The van der Waals surface area contributed by atoms with E-state index < -0.39 is 0 Å². The number of aryl methyl sites for hydroxylation is 1. The number of rotatable bonds is 6. The molecule has 2 aliphatic rings. The minimum absolute atomic E-state index is 0.148. The van der Waals surface area contributed by atoms with E-state index >= 15 is 0 Å². The quantitative estimate of drug-likeness (QED) is 0.817. The summed E-state index contributed by atoms with van der Waals surface area (Å²) in [6, 6.07) is 4.49. The molecule has 5 heteroatoms. The van der Waals surface area contributed by atoms with Crippen molar-refractivity contribution in [3.05, 3.63) is 24.2 Å². The number of carbonyl (C=O) groups excluding carboxylic acids is 1. The van der Waals surface area contributed by atoms with E-state index in [9.17, 15) is 4.79 Å². The first-order valence-corrected chi connectivity index (χ1v) is 8.95. The van der Waals surface area contributed by atoms with E-state index in [0.29, 0.717) is 6.04 Å². The summed E-state index contributed by atoms with van der Waals surface area (Å²) in [6.07, 6.45) is 7.86. The predicted molar refractivity (Wildman–Crippen MR) is 88.2 cm³/mol. The lowest BCUT2D eigenvalue weighted by Gasteiger charge is -2.39. The van der Waals surface area contributed by atoms with Crippen LogP contribution in [0.1, 0.15) is 37.9 Å². The third-order valence-electron chi connectivity index (χ3n) is 5.01. The number of likely N-dealkylation sites (tertiary alicyclic amines) is 1. The number of nitrogens with zero attached hydrogens (tertiary/aromatic N) is 1. The van der Waals surface area contributed by atoms with Crippen LogP contribution in [-0.2, 0) is 16.0 Å². The lowest BCUT2D eigenvalue weighted by Crippen LogP contribution is -2.48. The summed E-state index contributed by atoms with van der Waals surface area (Å²) in [5, 5.41) is 3.11. The van der Waals surface area contributed by atoms with Crippen LogP contribution in [0.4, 0.5) is 0 Å². The van der Waals surface area contributed by atoms with Gasteiger partial charge in [0.25, 0.3) is 0 Å². The molecule has 0 aliphatic carbocycles. The summed E-state index contributed by atoms with van der Waals surface area (Å²) in [7, 11) is 0. The van der Waals surface area contributed by atoms with Gasteiger partial charge in [0.15, 0.2) is 0 Å². The van der Waals surface area contributed by atoms with E-state index in [-0.39, 0.29) is 11.8 Å². The maximum atomic E-state index is 12.4. The number of hydrogen-bond acceptors (Lipinski definition) is 4. The van der Waals surface area contributed by atoms with Gasteiger partial charge in [0.05, 0.1) is 12.2 Å². The molecule has 0 radical (unpaired) electrons. The minimum Gasteiger partial charge on any atom is -0.469 e. The summed E-state index contributed by atoms with van der Waals surface area (Å²) in [5.74, 6) is 1.36. The van der Waals surface area contributed by atoms with Crippen molar-refractivity contribution in [3.63, 3.8) is 0 Å². The summed E-state index contributed by atoms with van der Waals surface area (Å²) >= 11 is 0. The summed E-state index contributed by atoms with van der Waals surface area (Å²) < 4.78 is 10.8. The second-order valence-corrected chi connectivity index (χ2v) is 6.65. The molecule has 1 amide bonds. The number of carbonyl (C=O) groups is 1. The van der Waals surface area contributed by atoms with Gasteiger partial charge in [-0.2, -0.15) is 0 Å². The largest absolute Gasteiger partial charge is 0.469 e. The first-order valence-electron chi connectivity index (χ1n) is 8.95. The first kappa shape index (κ1) is 16.5. The van der Waals surface area contributed by atoms with Crippen LogP contribution < -0.4 is 5.32 Å². The highest BCUT2D eigenvalue weighted by atomic mass is 16.5. The summed E-state index contributed by atoms with van der Waals surface area (Å²) in [6.45, 7) is 4.50. The van der Waals surface area contributed by atoms with Crippen LogP contribution in [0.3, 0.4) is 0 Å². The van der Waals surface area contributed by atoms with E-state index in [1.165, 1.54) is 0 Å². The lowest BCUT2D eigenvalue weighted by atomic mass is 9.94. The Labute approximate surface area is 138 Å². The number of ether oxygens (including phenoxy) is 1. The maximum Gasteiger partial charge on any atom is 0.224 e. The Morgan fingerprint density at radius 1 is 1.30 bits per heavy atom. The van der Waals surface area contributed by atoms with Gasteiger partial charge < -0.3 is 14.5 Å². The molecule has 23 heavy (non-hydrogen) atoms. The number of furan rings is 1. The molecule has 1 N–H and O–H groups in total. The molecule has 1 atom stereocenters. The van der Waals surface area contributed by atoms with Gasteiger partial charge >= 0.3 is 0 Å². The molecular formula is C18H28N2O3. The fourth-order valence-corrected chi connectivity index (χ4v) is 3.68. The summed E-state index contributed by atoms with van der Waals surface area (Å²) in [4.78, 5) is 14.9. The van der Waals surface area contributed by atoms with Crippen LogP contribution in [0.5, 0.6) is 0 Å². The Kier molecular flexibility index (Phi) is 6.11. The van der Waals surface area contributed by atoms with Gasteiger partial charge in [-0.1, -0.05) is 0 Å². The monoisotopic (exact) mass is 320 g/mol. The molecule has 1 aromatic heterocycles. The van der Waals surface area contributed by atoms with Crippen LogP contribution in [-0.4, -0.2) is 49.7 Å². The van der Waals surface area contributed by atoms with Gasteiger partial charge in [0, 0.05) is 38.8 Å². The van der Waals surface area contributed by atoms with E-state index in [0.717, 1.165) is 77.1 Å². The standard InChI is InChI=1S/C18H28N2O3/c21-18(19-9-1-5-17-6-3-11-23-17)15-4-2-10-20(14-15)16-7-12-22-13-8-16/h3,6,11,15-16H,1-2,4-5,7-10,12-14H2,(H,19,21)/t15-/m1/s1. The van der Waals surface area contributed by atoms with Crippen LogP contribution in [0.2, 0.25) is 0 Å². The van der Waals surface area contributed by atoms with E-state index in [1.807, 2.05) is 12.1 Å². The summed E-state index contributed by atoms with van der Waals surface area (Å²) in [5.41, 5.74) is 0. The molecule has 0 saturated carbocycles. The molecule has 0 unspecified atom stereocenters. The molecule has 0 aromatic carbocycles. The van der Waals surface area contributed by atoms with Crippen molar-refractivity contribution in [1.82, 2.24) is 10.2 Å². The molecule has 3 heterocycles. The molecule has 1 aromatic rings.